The van der Waals surface area contributed by atoms with Crippen LogP contribution in [0, 0.1) is 11.8 Å². The third-order valence-corrected chi connectivity index (χ3v) is 3.42. The number of hydrogen-bond acceptors (Lipinski definition) is 4. The lowest BCUT2D eigenvalue weighted by Gasteiger charge is -2.11. The largest absolute Gasteiger partial charge is 0.320 e. The number of anilines is 1. The van der Waals surface area contributed by atoms with E-state index in [4.69, 9.17) is 5.73 Å². The first kappa shape index (κ1) is 14.3. The molecule has 0 unspecified atom stereocenters. The minimum absolute atomic E-state index is 0.163. The lowest BCUT2D eigenvalue weighted by atomic mass is 10.3. The first-order valence-electron chi connectivity index (χ1n) is 6.24. The summed E-state index contributed by atoms with van der Waals surface area (Å²) in [5.74, 6) is 6.21. The van der Waals surface area contributed by atoms with Gasteiger partial charge in [-0.3, -0.25) is 4.79 Å². The van der Waals surface area contributed by atoms with Crippen molar-refractivity contribution in [3.05, 3.63) is 34.2 Å². The van der Waals surface area contributed by atoms with Crippen LogP contribution in [0.1, 0.15) is 35.1 Å². The molecule has 0 spiro atoms. The van der Waals surface area contributed by atoms with Crippen molar-refractivity contribution in [3.63, 3.8) is 0 Å². The number of aromatic nitrogens is 2. The van der Waals surface area contributed by atoms with Crippen molar-refractivity contribution < 1.29 is 4.79 Å². The van der Waals surface area contributed by atoms with Crippen molar-refractivity contribution in [1.29, 1.82) is 0 Å². The van der Waals surface area contributed by atoms with Crippen molar-refractivity contribution >= 4 is 23.1 Å². The molecule has 3 N–H and O–H groups in total. The highest BCUT2D eigenvalue weighted by Gasteiger charge is 2.12. The molecule has 1 amide bonds. The van der Waals surface area contributed by atoms with Gasteiger partial charge in [-0.15, -0.1) is 11.3 Å². The first-order chi connectivity index (χ1) is 9.61. The summed E-state index contributed by atoms with van der Waals surface area (Å²) in [6.07, 6.45) is 1.67. The Morgan fingerprint density at radius 2 is 2.40 bits per heavy atom. The van der Waals surface area contributed by atoms with E-state index in [2.05, 4.69) is 22.3 Å². The lowest BCUT2D eigenvalue weighted by molar-refractivity contribution is 0.102. The van der Waals surface area contributed by atoms with Gasteiger partial charge >= 0.3 is 0 Å². The van der Waals surface area contributed by atoms with E-state index in [1.165, 1.54) is 11.3 Å². The number of nitrogens with zero attached hydrogens (tertiary/aromatic N) is 2. The highest BCUT2D eigenvalue weighted by atomic mass is 32.1. The van der Waals surface area contributed by atoms with Crippen LogP contribution in [0.15, 0.2) is 23.7 Å². The fourth-order valence-electron chi connectivity index (χ4n) is 1.67. The van der Waals surface area contributed by atoms with Crippen LogP contribution in [0.25, 0.3) is 0 Å². The fourth-order valence-corrected chi connectivity index (χ4v) is 2.43. The molecule has 0 bridgehead atoms. The van der Waals surface area contributed by atoms with Gasteiger partial charge in [-0.05, 0) is 19.9 Å². The molecule has 0 aliphatic rings. The van der Waals surface area contributed by atoms with Crippen molar-refractivity contribution in [2.75, 3.05) is 11.9 Å². The zero-order chi connectivity index (χ0) is 14.5. The Hall–Kier alpha value is -2.10. The summed E-state index contributed by atoms with van der Waals surface area (Å²) >= 11 is 1.43. The van der Waals surface area contributed by atoms with E-state index in [1.54, 1.807) is 28.4 Å². The topological polar surface area (TPSA) is 72.9 Å². The van der Waals surface area contributed by atoms with Gasteiger partial charge in [0.2, 0.25) is 0 Å². The van der Waals surface area contributed by atoms with Crippen molar-refractivity contribution in [3.8, 4) is 11.8 Å². The minimum atomic E-state index is -0.163. The van der Waals surface area contributed by atoms with Crippen LogP contribution in [0.3, 0.4) is 0 Å². The number of rotatable bonds is 3. The Bertz CT molecular complexity index is 660. The van der Waals surface area contributed by atoms with Crippen molar-refractivity contribution in [2.45, 2.75) is 19.9 Å². The highest BCUT2D eigenvalue weighted by Crippen LogP contribution is 2.17. The number of thiophene rings is 1. The van der Waals surface area contributed by atoms with Crippen LogP contribution in [-0.2, 0) is 0 Å². The molecule has 6 heteroatoms. The Labute approximate surface area is 121 Å². The summed E-state index contributed by atoms with van der Waals surface area (Å²) in [5.41, 5.74) is 5.91. The van der Waals surface area contributed by atoms with Gasteiger partial charge in [-0.2, -0.15) is 5.10 Å². The second-order valence-corrected chi connectivity index (χ2v) is 5.33. The summed E-state index contributed by atoms with van der Waals surface area (Å²) in [6, 6.07) is 3.73. The maximum absolute atomic E-state index is 12.2. The summed E-state index contributed by atoms with van der Waals surface area (Å²) < 4.78 is 1.76. The average molecular weight is 288 g/mol. The number of nitrogens with two attached hydrogens (primary N) is 1. The molecule has 2 aromatic heterocycles. The molecule has 2 heterocycles. The summed E-state index contributed by atoms with van der Waals surface area (Å²) in [5, 5.41) is 8.81. The van der Waals surface area contributed by atoms with Crippen molar-refractivity contribution in [1.82, 2.24) is 9.78 Å². The maximum atomic E-state index is 12.2. The zero-order valence-electron chi connectivity index (χ0n) is 11.4. The van der Waals surface area contributed by atoms with Gasteiger partial charge in [0, 0.05) is 17.5 Å². The Morgan fingerprint density at radius 3 is 3.10 bits per heavy atom. The van der Waals surface area contributed by atoms with Gasteiger partial charge in [0.05, 0.1) is 23.2 Å². The lowest BCUT2D eigenvalue weighted by Crippen LogP contribution is -2.16. The van der Waals surface area contributed by atoms with E-state index >= 15 is 0 Å². The molecule has 0 saturated heterocycles. The quantitative estimate of drug-likeness (QED) is 0.849. The number of hydrogen-bond donors (Lipinski definition) is 2. The molecule has 5 nitrogen and oxygen atoms in total. The van der Waals surface area contributed by atoms with Gasteiger partial charge < -0.3 is 11.1 Å². The molecule has 0 atom stereocenters. The molecule has 104 valence electrons. The molecule has 0 radical (unpaired) electrons. The van der Waals surface area contributed by atoms with E-state index in [1.807, 2.05) is 13.8 Å². The second kappa shape index (κ2) is 6.37. The van der Waals surface area contributed by atoms with E-state index in [9.17, 15) is 4.79 Å². The third kappa shape index (κ3) is 3.26. The van der Waals surface area contributed by atoms with Crippen LogP contribution in [0.4, 0.5) is 5.82 Å². The molecular weight excluding hydrogens is 272 g/mol. The standard InChI is InChI=1S/C14H16N4OS/c1-10(2)18-13(5-7-16-18)17-14(19)11-8-12(20-9-11)4-3-6-15/h5,7-10H,6,15H2,1-2H3,(H,17,19). The van der Waals surface area contributed by atoms with Crippen LogP contribution >= 0.6 is 11.3 Å². The predicted octanol–water partition coefficient (Wildman–Crippen LogP) is 2.09. The SMILES string of the molecule is CC(C)n1nccc1NC(=O)c1csc(C#CCN)c1. The number of nitrogens with one attached hydrogen (secondary N) is 1. The molecule has 0 saturated carbocycles. The van der Waals surface area contributed by atoms with Gasteiger partial charge in [-0.25, -0.2) is 4.68 Å². The highest BCUT2D eigenvalue weighted by molar-refractivity contribution is 7.10. The summed E-state index contributed by atoms with van der Waals surface area (Å²) in [6.45, 7) is 4.33. The molecule has 2 rings (SSSR count). The summed E-state index contributed by atoms with van der Waals surface area (Å²) in [7, 11) is 0. The Morgan fingerprint density at radius 1 is 1.60 bits per heavy atom. The first-order valence-corrected chi connectivity index (χ1v) is 7.12. The smallest absolute Gasteiger partial charge is 0.257 e. The summed E-state index contributed by atoms with van der Waals surface area (Å²) in [4.78, 5) is 13.0. The number of carbonyl (C=O) groups excluding carboxylic acids is 1. The van der Waals surface area contributed by atoms with Crippen LogP contribution < -0.4 is 11.1 Å². The number of carbonyl (C=O) groups is 1. The van der Waals surface area contributed by atoms with Crippen LogP contribution in [-0.4, -0.2) is 22.2 Å². The molecule has 0 aliphatic heterocycles. The van der Waals surface area contributed by atoms with E-state index in [0.717, 1.165) is 4.88 Å². The average Bonchev–Trinajstić information content (AvgIpc) is 3.04. The van der Waals surface area contributed by atoms with Crippen LogP contribution in [0.2, 0.25) is 0 Å². The van der Waals surface area contributed by atoms with Crippen molar-refractivity contribution in [2.24, 2.45) is 5.73 Å². The van der Waals surface area contributed by atoms with Gasteiger partial charge in [0.1, 0.15) is 5.82 Å². The maximum Gasteiger partial charge on any atom is 0.257 e. The van der Waals surface area contributed by atoms with Crippen LogP contribution in [0.5, 0.6) is 0 Å². The third-order valence-electron chi connectivity index (χ3n) is 2.58. The Kier molecular flexibility index (Phi) is 4.56. The monoisotopic (exact) mass is 288 g/mol. The normalized spacial score (nSPS) is 10.2. The van der Waals surface area contributed by atoms with E-state index in [0.29, 0.717) is 17.9 Å². The van der Waals surface area contributed by atoms with Gasteiger partial charge in [0.25, 0.3) is 5.91 Å². The van der Waals surface area contributed by atoms with E-state index in [-0.39, 0.29) is 11.9 Å². The molecule has 20 heavy (non-hydrogen) atoms. The molecule has 0 aromatic carbocycles. The molecular formula is C14H16N4OS. The fraction of sp³-hybridized carbons (Fsp3) is 0.286. The molecule has 0 fully saturated rings. The van der Waals surface area contributed by atoms with E-state index < -0.39 is 0 Å². The van der Waals surface area contributed by atoms with Gasteiger partial charge in [-0.1, -0.05) is 11.8 Å². The minimum Gasteiger partial charge on any atom is -0.320 e. The zero-order valence-corrected chi connectivity index (χ0v) is 12.2. The number of amides is 1. The molecule has 2 aromatic rings. The molecule has 0 aliphatic carbocycles. The Balaban J connectivity index is 2.12. The predicted molar refractivity (Wildman–Crippen MR) is 80.8 cm³/mol. The van der Waals surface area contributed by atoms with Gasteiger partial charge in [0.15, 0.2) is 0 Å². The second-order valence-electron chi connectivity index (χ2n) is 4.41.